The van der Waals surface area contributed by atoms with Crippen molar-refractivity contribution >= 4 is 18.1 Å². The maximum atomic E-state index is 12.1. The van der Waals surface area contributed by atoms with Crippen LogP contribution in [0.25, 0.3) is 6.08 Å². The first-order chi connectivity index (χ1) is 9.76. The van der Waals surface area contributed by atoms with Gasteiger partial charge in [-0.1, -0.05) is 36.9 Å². The first-order valence-electron chi connectivity index (χ1n) is 6.44. The number of carbonyl (C=O) groups excluding carboxylic acids is 1. The van der Waals surface area contributed by atoms with Crippen molar-refractivity contribution in [3.63, 3.8) is 0 Å². The van der Waals surface area contributed by atoms with Gasteiger partial charge in [0, 0.05) is 6.07 Å². The van der Waals surface area contributed by atoms with E-state index in [1.165, 1.54) is 11.2 Å². The summed E-state index contributed by atoms with van der Waals surface area (Å²) in [5.41, 5.74) is 1.96. The van der Waals surface area contributed by atoms with E-state index in [-0.39, 0.29) is 0 Å². The van der Waals surface area contributed by atoms with Crippen LogP contribution in [0.1, 0.15) is 18.1 Å². The zero-order valence-corrected chi connectivity index (χ0v) is 11.4. The van der Waals surface area contributed by atoms with Crippen LogP contribution in [0.4, 0.5) is 10.7 Å². The summed E-state index contributed by atoms with van der Waals surface area (Å²) in [6.45, 7) is 6.25. The molecule has 0 bridgehead atoms. The number of furan rings is 1. The molecule has 104 valence electrons. The van der Waals surface area contributed by atoms with Gasteiger partial charge in [0.15, 0.2) is 0 Å². The monoisotopic (exact) mass is 271 g/mol. The minimum absolute atomic E-state index is 0.319. The predicted octanol–water partition coefficient (Wildman–Crippen LogP) is 4.09. The minimum Gasteiger partial charge on any atom is -0.449 e. The first-order valence-corrected chi connectivity index (χ1v) is 6.44. The first kappa shape index (κ1) is 13.9. The maximum Gasteiger partial charge on any atom is 0.416 e. The second kappa shape index (κ2) is 6.61. The number of benzene rings is 1. The van der Waals surface area contributed by atoms with Crippen molar-refractivity contribution in [2.24, 2.45) is 0 Å². The molecule has 0 fully saturated rings. The molecule has 0 spiro atoms. The van der Waals surface area contributed by atoms with Crippen LogP contribution in [0, 0.1) is 0 Å². The van der Waals surface area contributed by atoms with Crippen LogP contribution in [-0.2, 0) is 11.3 Å². The number of rotatable bonds is 5. The molecule has 0 radical (unpaired) electrons. The zero-order chi connectivity index (χ0) is 14.4. The Kier molecular flexibility index (Phi) is 4.60. The number of amides is 1. The number of nitrogens with zero attached hydrogens (tertiary/aromatic N) is 1. The lowest BCUT2D eigenvalue weighted by molar-refractivity contribution is 0.158. The van der Waals surface area contributed by atoms with Gasteiger partial charge in [0.1, 0.15) is 0 Å². The van der Waals surface area contributed by atoms with Crippen molar-refractivity contribution in [1.82, 2.24) is 0 Å². The van der Waals surface area contributed by atoms with Gasteiger partial charge in [0.25, 0.3) is 0 Å². The van der Waals surface area contributed by atoms with Crippen molar-refractivity contribution in [2.45, 2.75) is 13.5 Å². The average Bonchev–Trinajstić information content (AvgIpc) is 2.99. The van der Waals surface area contributed by atoms with E-state index >= 15 is 0 Å². The van der Waals surface area contributed by atoms with Crippen molar-refractivity contribution in [1.29, 1.82) is 0 Å². The average molecular weight is 271 g/mol. The molecule has 2 aromatic rings. The Bertz CT molecular complexity index is 575. The summed E-state index contributed by atoms with van der Waals surface area (Å²) in [6.07, 6.45) is 2.86. The van der Waals surface area contributed by atoms with E-state index in [2.05, 4.69) is 6.58 Å². The van der Waals surface area contributed by atoms with E-state index in [1.54, 1.807) is 25.1 Å². The summed E-state index contributed by atoms with van der Waals surface area (Å²) >= 11 is 0. The lowest BCUT2D eigenvalue weighted by Crippen LogP contribution is -2.31. The number of hydrogen-bond acceptors (Lipinski definition) is 3. The minimum atomic E-state index is -0.429. The van der Waals surface area contributed by atoms with Gasteiger partial charge in [-0.15, -0.1) is 0 Å². The molecule has 2 rings (SSSR count). The smallest absolute Gasteiger partial charge is 0.416 e. The SMILES string of the molecule is C=Cc1ccccc1CN(C(=O)OCC)c1ccco1. The van der Waals surface area contributed by atoms with Gasteiger partial charge in [-0.2, -0.15) is 0 Å². The van der Waals surface area contributed by atoms with E-state index in [1.807, 2.05) is 24.3 Å². The molecule has 0 unspecified atom stereocenters. The van der Waals surface area contributed by atoms with Gasteiger partial charge in [0.2, 0.25) is 5.88 Å². The second-order valence-electron chi connectivity index (χ2n) is 4.14. The molecular weight excluding hydrogens is 254 g/mol. The summed E-state index contributed by atoms with van der Waals surface area (Å²) < 4.78 is 10.4. The van der Waals surface area contributed by atoms with Crippen LogP contribution >= 0.6 is 0 Å². The molecule has 1 aromatic heterocycles. The highest BCUT2D eigenvalue weighted by molar-refractivity contribution is 5.86. The number of anilines is 1. The van der Waals surface area contributed by atoms with Gasteiger partial charge in [0.05, 0.1) is 19.4 Å². The standard InChI is InChI=1S/C16H17NO3/c1-3-13-8-5-6-9-14(13)12-17(16(18)19-4-2)15-10-7-11-20-15/h3,5-11H,1,4,12H2,2H3. The number of hydrogen-bond donors (Lipinski definition) is 0. The topological polar surface area (TPSA) is 42.7 Å². The summed E-state index contributed by atoms with van der Waals surface area (Å²) in [6, 6.07) is 11.2. The van der Waals surface area contributed by atoms with Crippen molar-refractivity contribution in [3.05, 3.63) is 60.4 Å². The highest BCUT2D eigenvalue weighted by atomic mass is 16.6. The Labute approximate surface area is 118 Å². The Morgan fingerprint density at radius 2 is 2.15 bits per heavy atom. The van der Waals surface area contributed by atoms with E-state index < -0.39 is 6.09 Å². The molecule has 0 aliphatic carbocycles. The molecule has 4 heteroatoms. The summed E-state index contributed by atoms with van der Waals surface area (Å²) in [7, 11) is 0. The molecule has 0 aliphatic heterocycles. The van der Waals surface area contributed by atoms with E-state index in [0.29, 0.717) is 19.0 Å². The van der Waals surface area contributed by atoms with Gasteiger partial charge < -0.3 is 9.15 Å². The molecule has 0 N–H and O–H groups in total. The third kappa shape index (κ3) is 3.09. The van der Waals surface area contributed by atoms with Crippen molar-refractivity contribution in [3.8, 4) is 0 Å². The third-order valence-corrected chi connectivity index (χ3v) is 2.86. The van der Waals surface area contributed by atoms with Crippen LogP contribution in [0.5, 0.6) is 0 Å². The molecule has 1 heterocycles. The number of carbonyl (C=O) groups is 1. The highest BCUT2D eigenvalue weighted by Gasteiger charge is 2.20. The molecule has 0 saturated carbocycles. The largest absolute Gasteiger partial charge is 0.449 e. The van der Waals surface area contributed by atoms with E-state index in [0.717, 1.165) is 11.1 Å². The molecule has 1 aromatic carbocycles. The molecule has 0 atom stereocenters. The van der Waals surface area contributed by atoms with E-state index in [4.69, 9.17) is 9.15 Å². The second-order valence-corrected chi connectivity index (χ2v) is 4.14. The van der Waals surface area contributed by atoms with Crippen molar-refractivity contribution in [2.75, 3.05) is 11.5 Å². The van der Waals surface area contributed by atoms with Gasteiger partial charge >= 0.3 is 6.09 Å². The molecule has 20 heavy (non-hydrogen) atoms. The summed E-state index contributed by atoms with van der Waals surface area (Å²) in [5.74, 6) is 0.460. The Morgan fingerprint density at radius 3 is 2.80 bits per heavy atom. The van der Waals surface area contributed by atoms with Crippen LogP contribution in [0.2, 0.25) is 0 Å². The third-order valence-electron chi connectivity index (χ3n) is 2.86. The lowest BCUT2D eigenvalue weighted by Gasteiger charge is -2.20. The zero-order valence-electron chi connectivity index (χ0n) is 11.4. The van der Waals surface area contributed by atoms with Crippen LogP contribution < -0.4 is 4.90 Å². The van der Waals surface area contributed by atoms with Crippen LogP contribution in [0.15, 0.2) is 53.7 Å². The van der Waals surface area contributed by atoms with E-state index in [9.17, 15) is 4.79 Å². The quantitative estimate of drug-likeness (QED) is 0.822. The molecule has 0 saturated heterocycles. The lowest BCUT2D eigenvalue weighted by atomic mass is 10.1. The van der Waals surface area contributed by atoms with Crippen molar-refractivity contribution < 1.29 is 13.9 Å². The van der Waals surface area contributed by atoms with Gasteiger partial charge in [-0.25, -0.2) is 9.69 Å². The normalized spacial score (nSPS) is 10.1. The molecule has 1 amide bonds. The fourth-order valence-electron chi connectivity index (χ4n) is 1.90. The fourth-order valence-corrected chi connectivity index (χ4v) is 1.90. The Balaban J connectivity index is 2.28. The molecule has 0 aliphatic rings. The summed E-state index contributed by atoms with van der Waals surface area (Å²) in [5, 5.41) is 0. The highest BCUT2D eigenvalue weighted by Crippen LogP contribution is 2.21. The maximum absolute atomic E-state index is 12.1. The van der Waals surface area contributed by atoms with Gasteiger partial charge in [-0.3, -0.25) is 0 Å². The van der Waals surface area contributed by atoms with Crippen LogP contribution in [0.3, 0.4) is 0 Å². The van der Waals surface area contributed by atoms with Crippen LogP contribution in [-0.4, -0.2) is 12.7 Å². The fraction of sp³-hybridized carbons (Fsp3) is 0.188. The number of ether oxygens (including phenoxy) is 1. The predicted molar refractivity (Wildman–Crippen MR) is 78.4 cm³/mol. The molecule has 4 nitrogen and oxygen atoms in total. The molecular formula is C16H17NO3. The summed E-state index contributed by atoms with van der Waals surface area (Å²) in [4.78, 5) is 13.5. The van der Waals surface area contributed by atoms with Gasteiger partial charge in [-0.05, 0) is 24.1 Å². The Hall–Kier alpha value is -2.49. The Morgan fingerprint density at radius 1 is 1.35 bits per heavy atom.